The molecule has 2 aromatic rings. The third-order valence-corrected chi connectivity index (χ3v) is 4.47. The number of carboxylic acids is 1. The minimum atomic E-state index is -0.888. The van der Waals surface area contributed by atoms with Gasteiger partial charge in [0.1, 0.15) is 4.88 Å². The molecule has 0 amide bonds. The molecule has 0 spiro atoms. The number of carbonyl (C=O) groups is 1. The summed E-state index contributed by atoms with van der Waals surface area (Å²) in [5.74, 6) is -0.888. The van der Waals surface area contributed by atoms with Gasteiger partial charge in [0.25, 0.3) is 0 Å². The van der Waals surface area contributed by atoms with E-state index in [-0.39, 0.29) is 0 Å². The van der Waals surface area contributed by atoms with Gasteiger partial charge in [0.05, 0.1) is 23.0 Å². The largest absolute Gasteiger partial charge is 0.477 e. The number of thiophene rings is 1. The highest BCUT2D eigenvalue weighted by Gasteiger charge is 2.14. The van der Waals surface area contributed by atoms with E-state index < -0.39 is 5.97 Å². The number of aromatic nitrogens is 2. The molecule has 0 saturated heterocycles. The zero-order valence-electron chi connectivity index (χ0n) is 10.3. The Bertz CT molecular complexity index is 616. The van der Waals surface area contributed by atoms with Crippen LogP contribution in [0.25, 0.3) is 0 Å². The number of hydrogen-bond acceptors (Lipinski definition) is 3. The standard InChI is InChI=1S/C12H13ClN2O2S/c1-6-11(13)7(2)15(14-6)5-9-4-10(12(16)17)18-8(9)3/h4H,5H2,1-3H3,(H,16,17). The lowest BCUT2D eigenvalue weighted by Gasteiger charge is -2.03. The molecule has 2 aromatic heterocycles. The molecular weight excluding hydrogens is 272 g/mol. The van der Waals surface area contributed by atoms with E-state index in [9.17, 15) is 4.79 Å². The van der Waals surface area contributed by atoms with Crippen molar-refractivity contribution in [1.29, 1.82) is 0 Å². The molecule has 0 unspecified atom stereocenters. The van der Waals surface area contributed by atoms with Crippen molar-refractivity contribution in [2.45, 2.75) is 27.3 Å². The zero-order valence-corrected chi connectivity index (χ0v) is 11.9. The second kappa shape index (κ2) is 4.74. The fraction of sp³-hybridized carbons (Fsp3) is 0.333. The van der Waals surface area contributed by atoms with E-state index in [1.165, 1.54) is 11.3 Å². The van der Waals surface area contributed by atoms with Crippen LogP contribution in [0.3, 0.4) is 0 Å². The predicted octanol–water partition coefficient (Wildman–Crippen LogP) is 3.27. The van der Waals surface area contributed by atoms with Crippen molar-refractivity contribution in [2.24, 2.45) is 0 Å². The van der Waals surface area contributed by atoms with Crippen LogP contribution in [-0.4, -0.2) is 20.9 Å². The highest BCUT2D eigenvalue weighted by atomic mass is 35.5. The van der Waals surface area contributed by atoms with Gasteiger partial charge in [-0.3, -0.25) is 4.68 Å². The molecule has 0 bridgehead atoms. The number of halogens is 1. The van der Waals surface area contributed by atoms with Crippen molar-refractivity contribution in [2.75, 3.05) is 0 Å². The third kappa shape index (κ3) is 2.28. The van der Waals surface area contributed by atoms with Crippen molar-refractivity contribution in [3.05, 3.63) is 37.8 Å². The fourth-order valence-electron chi connectivity index (χ4n) is 1.77. The summed E-state index contributed by atoms with van der Waals surface area (Å²) in [7, 11) is 0. The van der Waals surface area contributed by atoms with Gasteiger partial charge in [0.15, 0.2) is 0 Å². The second-order valence-electron chi connectivity index (χ2n) is 4.14. The minimum absolute atomic E-state index is 0.357. The molecule has 4 nitrogen and oxygen atoms in total. The van der Waals surface area contributed by atoms with Crippen molar-refractivity contribution >= 4 is 28.9 Å². The fourth-order valence-corrected chi connectivity index (χ4v) is 2.78. The first kappa shape index (κ1) is 13.1. The van der Waals surface area contributed by atoms with E-state index in [1.807, 2.05) is 20.8 Å². The molecule has 0 aliphatic carbocycles. The van der Waals surface area contributed by atoms with Crippen LogP contribution in [0.4, 0.5) is 0 Å². The van der Waals surface area contributed by atoms with Gasteiger partial charge in [-0.05, 0) is 32.4 Å². The number of nitrogens with zero attached hydrogens (tertiary/aromatic N) is 2. The molecule has 6 heteroatoms. The summed E-state index contributed by atoms with van der Waals surface area (Å²) in [6, 6.07) is 1.70. The van der Waals surface area contributed by atoms with Crippen LogP contribution in [0.15, 0.2) is 6.07 Å². The lowest BCUT2D eigenvalue weighted by molar-refractivity contribution is 0.0702. The Kier molecular flexibility index (Phi) is 3.45. The molecule has 96 valence electrons. The first-order valence-electron chi connectivity index (χ1n) is 5.42. The monoisotopic (exact) mass is 284 g/mol. The second-order valence-corrected chi connectivity index (χ2v) is 5.77. The zero-order chi connectivity index (χ0) is 13.4. The molecule has 2 rings (SSSR count). The van der Waals surface area contributed by atoms with Crippen molar-refractivity contribution in [3.63, 3.8) is 0 Å². The normalized spacial score (nSPS) is 10.9. The molecule has 0 aliphatic rings. The summed E-state index contributed by atoms with van der Waals surface area (Å²) >= 11 is 7.37. The number of rotatable bonds is 3. The van der Waals surface area contributed by atoms with E-state index in [4.69, 9.17) is 16.7 Å². The average molecular weight is 285 g/mol. The highest BCUT2D eigenvalue weighted by Crippen LogP contribution is 2.25. The van der Waals surface area contributed by atoms with E-state index >= 15 is 0 Å². The minimum Gasteiger partial charge on any atom is -0.477 e. The molecule has 0 aliphatic heterocycles. The Balaban J connectivity index is 2.34. The quantitative estimate of drug-likeness (QED) is 0.941. The van der Waals surface area contributed by atoms with Gasteiger partial charge < -0.3 is 5.11 Å². The van der Waals surface area contributed by atoms with Gasteiger partial charge in [0, 0.05) is 4.88 Å². The molecule has 0 saturated carbocycles. The Morgan fingerprint density at radius 3 is 2.61 bits per heavy atom. The SMILES string of the molecule is Cc1nn(Cc2cc(C(=O)O)sc2C)c(C)c1Cl. The van der Waals surface area contributed by atoms with E-state index in [0.717, 1.165) is 21.8 Å². The van der Waals surface area contributed by atoms with Crippen molar-refractivity contribution < 1.29 is 9.90 Å². The summed E-state index contributed by atoms with van der Waals surface area (Å²) in [6.07, 6.45) is 0. The lowest BCUT2D eigenvalue weighted by Crippen LogP contribution is -2.04. The van der Waals surface area contributed by atoms with Gasteiger partial charge in [-0.1, -0.05) is 11.6 Å². The Labute approximate surface area is 114 Å². The summed E-state index contributed by atoms with van der Waals surface area (Å²) < 4.78 is 1.80. The van der Waals surface area contributed by atoms with E-state index in [1.54, 1.807) is 10.7 Å². The maximum absolute atomic E-state index is 10.9. The smallest absolute Gasteiger partial charge is 0.345 e. The maximum Gasteiger partial charge on any atom is 0.345 e. The van der Waals surface area contributed by atoms with Crippen LogP contribution in [0.1, 0.15) is 31.5 Å². The van der Waals surface area contributed by atoms with Gasteiger partial charge in [-0.2, -0.15) is 5.10 Å². The van der Waals surface area contributed by atoms with Gasteiger partial charge in [0.2, 0.25) is 0 Å². The molecule has 18 heavy (non-hydrogen) atoms. The molecule has 0 fully saturated rings. The summed E-state index contributed by atoms with van der Waals surface area (Å²) in [5, 5.41) is 14.0. The van der Waals surface area contributed by atoms with Crippen LogP contribution >= 0.6 is 22.9 Å². The molecule has 0 aromatic carbocycles. The van der Waals surface area contributed by atoms with Crippen LogP contribution < -0.4 is 0 Å². The number of aryl methyl sites for hydroxylation is 2. The van der Waals surface area contributed by atoms with Gasteiger partial charge >= 0.3 is 5.97 Å². The Morgan fingerprint density at radius 2 is 2.17 bits per heavy atom. The first-order chi connectivity index (χ1) is 8.40. The molecule has 0 radical (unpaired) electrons. The predicted molar refractivity (Wildman–Crippen MR) is 71.8 cm³/mol. The van der Waals surface area contributed by atoms with Crippen molar-refractivity contribution in [1.82, 2.24) is 9.78 Å². The topological polar surface area (TPSA) is 55.1 Å². The number of hydrogen-bond donors (Lipinski definition) is 1. The van der Waals surface area contributed by atoms with Crippen LogP contribution in [0, 0.1) is 20.8 Å². The molecule has 0 atom stereocenters. The highest BCUT2D eigenvalue weighted by molar-refractivity contribution is 7.14. The molecule has 1 N–H and O–H groups in total. The summed E-state index contributed by atoms with van der Waals surface area (Å²) in [5.41, 5.74) is 2.66. The Hall–Kier alpha value is -1.33. The van der Waals surface area contributed by atoms with Crippen LogP contribution in [0.5, 0.6) is 0 Å². The van der Waals surface area contributed by atoms with Crippen molar-refractivity contribution in [3.8, 4) is 0 Å². The van der Waals surface area contributed by atoms with Crippen LogP contribution in [0.2, 0.25) is 5.02 Å². The third-order valence-electron chi connectivity index (χ3n) is 2.84. The lowest BCUT2D eigenvalue weighted by atomic mass is 10.2. The molecule has 2 heterocycles. The average Bonchev–Trinajstić information content (AvgIpc) is 2.77. The Morgan fingerprint density at radius 1 is 1.50 bits per heavy atom. The first-order valence-corrected chi connectivity index (χ1v) is 6.61. The van der Waals surface area contributed by atoms with E-state index in [0.29, 0.717) is 16.4 Å². The van der Waals surface area contributed by atoms with E-state index in [2.05, 4.69) is 5.10 Å². The van der Waals surface area contributed by atoms with Gasteiger partial charge in [-0.15, -0.1) is 11.3 Å². The van der Waals surface area contributed by atoms with Gasteiger partial charge in [-0.25, -0.2) is 4.79 Å². The molecular formula is C12H13ClN2O2S. The summed E-state index contributed by atoms with van der Waals surface area (Å²) in [6.45, 7) is 6.23. The van der Waals surface area contributed by atoms with Crippen LogP contribution in [-0.2, 0) is 6.54 Å². The number of carboxylic acid groups (broad SMARTS) is 1. The summed E-state index contributed by atoms with van der Waals surface area (Å²) in [4.78, 5) is 12.3. The number of aromatic carboxylic acids is 1. The maximum atomic E-state index is 10.9.